The summed E-state index contributed by atoms with van der Waals surface area (Å²) < 4.78 is 32.8. The van der Waals surface area contributed by atoms with E-state index in [0.29, 0.717) is 12.8 Å². The van der Waals surface area contributed by atoms with E-state index in [-0.39, 0.29) is 19.4 Å². The summed E-state index contributed by atoms with van der Waals surface area (Å²) in [5.41, 5.74) is 5.35. The van der Waals surface area contributed by atoms with Crippen LogP contribution >= 0.6 is 7.82 Å². The van der Waals surface area contributed by atoms with Gasteiger partial charge in [0.1, 0.15) is 12.6 Å². The van der Waals surface area contributed by atoms with E-state index in [4.69, 9.17) is 24.8 Å². The number of allylic oxidation sites excluding steroid dienone is 4. The third kappa shape index (κ3) is 44.4. The predicted octanol–water partition coefficient (Wildman–Crippen LogP) is 13.8. The highest BCUT2D eigenvalue weighted by Gasteiger charge is 2.28. The number of esters is 2. The van der Waals surface area contributed by atoms with Gasteiger partial charge in [0.05, 0.1) is 13.2 Å². The molecule has 11 nitrogen and oxygen atoms in total. The maximum absolute atomic E-state index is 12.7. The first kappa shape index (κ1) is 59.0. The van der Waals surface area contributed by atoms with Crippen LogP contribution in [0.4, 0.5) is 0 Å². The molecule has 358 valence electrons. The number of carboxylic acids is 1. The number of nitrogens with two attached hydrogens (primary N) is 1. The van der Waals surface area contributed by atoms with Gasteiger partial charge in [0.15, 0.2) is 6.10 Å². The van der Waals surface area contributed by atoms with Crippen molar-refractivity contribution in [2.45, 2.75) is 251 Å². The second-order valence-corrected chi connectivity index (χ2v) is 18.4. The van der Waals surface area contributed by atoms with Crippen molar-refractivity contribution in [2.24, 2.45) is 5.73 Å². The van der Waals surface area contributed by atoms with Gasteiger partial charge in [-0.2, -0.15) is 0 Å². The molecule has 0 aromatic heterocycles. The zero-order chi connectivity index (χ0) is 44.9. The second-order valence-electron chi connectivity index (χ2n) is 17.0. The molecule has 4 N–H and O–H groups in total. The van der Waals surface area contributed by atoms with Gasteiger partial charge in [-0.3, -0.25) is 23.4 Å². The largest absolute Gasteiger partial charge is 0.480 e. The van der Waals surface area contributed by atoms with Crippen LogP contribution in [0.2, 0.25) is 0 Å². The van der Waals surface area contributed by atoms with E-state index in [2.05, 4.69) is 42.7 Å². The first-order valence-electron chi connectivity index (χ1n) is 24.9. The van der Waals surface area contributed by atoms with E-state index in [1.54, 1.807) is 0 Å². The average Bonchev–Trinajstić information content (AvgIpc) is 3.24. The van der Waals surface area contributed by atoms with Crippen LogP contribution in [0.3, 0.4) is 0 Å². The molecule has 0 saturated heterocycles. The summed E-state index contributed by atoms with van der Waals surface area (Å²) >= 11 is 0. The lowest BCUT2D eigenvalue weighted by Crippen LogP contribution is -2.34. The summed E-state index contributed by atoms with van der Waals surface area (Å²) in [6, 6.07) is -1.52. The first-order valence-corrected chi connectivity index (χ1v) is 26.4. The van der Waals surface area contributed by atoms with Crippen molar-refractivity contribution in [2.75, 3.05) is 19.8 Å². The number of aliphatic carboxylic acids is 1. The molecule has 0 bridgehead atoms. The number of ether oxygens (including phenoxy) is 2. The van der Waals surface area contributed by atoms with Gasteiger partial charge in [0.25, 0.3) is 0 Å². The van der Waals surface area contributed by atoms with Gasteiger partial charge in [0.2, 0.25) is 0 Å². The minimum atomic E-state index is -4.72. The van der Waals surface area contributed by atoms with Crippen LogP contribution < -0.4 is 5.73 Å². The Labute approximate surface area is 372 Å². The number of carbonyl (C=O) groups is 3. The lowest BCUT2D eigenvalue weighted by atomic mass is 10.0. The Balaban J connectivity index is 4.24. The number of phosphoric ester groups is 1. The quantitative estimate of drug-likeness (QED) is 0.0230. The van der Waals surface area contributed by atoms with Gasteiger partial charge in [-0.1, -0.05) is 205 Å². The highest BCUT2D eigenvalue weighted by Crippen LogP contribution is 2.43. The van der Waals surface area contributed by atoms with E-state index in [9.17, 15) is 23.8 Å². The Kier molecular flexibility index (Phi) is 43.1. The summed E-state index contributed by atoms with van der Waals surface area (Å²) in [4.78, 5) is 46.1. The minimum absolute atomic E-state index is 0.155. The lowest BCUT2D eigenvalue weighted by molar-refractivity contribution is -0.161. The van der Waals surface area contributed by atoms with Crippen molar-refractivity contribution >= 4 is 25.7 Å². The SMILES string of the molecule is CCCCC/C=C/C/C=C/CCCCCCCCCC(=O)O[C@H](COC(=O)CCCCCCCCCCCCCCCCCCCCCC)COP(=O)(O)OC[C@H](N)C(=O)O. The monoisotopic (exact) mass is 886 g/mol. The second kappa shape index (κ2) is 44.6. The Hall–Kier alpha value is -2.04. The standard InChI is InChI=1S/C49H92NO10P/c1-3-5-7-9-11-13-15-17-19-21-22-23-25-26-28-30-32-34-36-38-40-47(51)57-42-45(43-58-61(55,56)59-44-46(50)49(53)54)60-48(52)41-39-37-35-33-31-29-27-24-20-18-16-14-12-10-8-6-4-2/h12,14,18,20,45-46H,3-11,13,15-17,19,21-44,50H2,1-2H3,(H,53,54)(H,55,56)/b14-12+,20-18+/t45-,46+/m1/s1. The molecule has 0 amide bonds. The van der Waals surface area contributed by atoms with Crippen LogP contribution in [0.1, 0.15) is 239 Å². The van der Waals surface area contributed by atoms with Gasteiger partial charge in [-0.25, -0.2) is 4.57 Å². The highest BCUT2D eigenvalue weighted by molar-refractivity contribution is 7.47. The zero-order valence-corrected chi connectivity index (χ0v) is 39.9. The van der Waals surface area contributed by atoms with Crippen LogP contribution in [-0.2, 0) is 37.5 Å². The Morgan fingerprint density at radius 2 is 0.869 bits per heavy atom. The molecule has 0 rings (SSSR count). The molecule has 0 radical (unpaired) electrons. The van der Waals surface area contributed by atoms with Crippen molar-refractivity contribution in [3.8, 4) is 0 Å². The number of unbranched alkanes of at least 4 members (excludes halogenated alkanes) is 29. The smallest absolute Gasteiger partial charge is 0.472 e. The summed E-state index contributed by atoms with van der Waals surface area (Å²) in [5.74, 6) is -2.37. The molecule has 0 fully saturated rings. The molecule has 0 aliphatic carbocycles. The molecule has 0 aliphatic heterocycles. The van der Waals surface area contributed by atoms with Crippen LogP contribution in [0, 0.1) is 0 Å². The normalized spacial score (nSPS) is 13.8. The number of hydrogen-bond donors (Lipinski definition) is 3. The van der Waals surface area contributed by atoms with E-state index in [1.807, 2.05) is 0 Å². The summed E-state index contributed by atoms with van der Waals surface area (Å²) in [7, 11) is -4.72. The van der Waals surface area contributed by atoms with Crippen molar-refractivity contribution < 1.29 is 47.5 Å². The molecule has 0 aromatic rings. The van der Waals surface area contributed by atoms with Crippen LogP contribution in [0.15, 0.2) is 24.3 Å². The van der Waals surface area contributed by atoms with Crippen molar-refractivity contribution in [3.63, 3.8) is 0 Å². The van der Waals surface area contributed by atoms with E-state index in [1.165, 1.54) is 141 Å². The van der Waals surface area contributed by atoms with Crippen molar-refractivity contribution in [1.82, 2.24) is 0 Å². The fraction of sp³-hybridized carbons (Fsp3) is 0.857. The molecule has 0 saturated carbocycles. The number of carbonyl (C=O) groups excluding carboxylic acids is 2. The fourth-order valence-electron chi connectivity index (χ4n) is 7.04. The minimum Gasteiger partial charge on any atom is -0.480 e. The van der Waals surface area contributed by atoms with Crippen LogP contribution in [0.5, 0.6) is 0 Å². The van der Waals surface area contributed by atoms with Crippen molar-refractivity contribution in [3.05, 3.63) is 24.3 Å². The Bertz CT molecular complexity index is 1130. The number of rotatable bonds is 47. The van der Waals surface area contributed by atoms with E-state index >= 15 is 0 Å². The van der Waals surface area contributed by atoms with Gasteiger partial charge >= 0.3 is 25.7 Å². The summed E-state index contributed by atoms with van der Waals surface area (Å²) in [5, 5.41) is 8.91. The predicted molar refractivity (Wildman–Crippen MR) is 249 cm³/mol. The number of carboxylic acid groups (broad SMARTS) is 1. The van der Waals surface area contributed by atoms with Crippen LogP contribution in [0.25, 0.3) is 0 Å². The van der Waals surface area contributed by atoms with Gasteiger partial charge in [-0.05, 0) is 44.9 Å². The van der Waals surface area contributed by atoms with Gasteiger partial charge in [0, 0.05) is 12.8 Å². The molecule has 1 unspecified atom stereocenters. The molecule has 0 aliphatic rings. The molecular formula is C49H92NO10P. The maximum atomic E-state index is 12.7. The Morgan fingerprint density at radius 1 is 0.508 bits per heavy atom. The highest BCUT2D eigenvalue weighted by atomic mass is 31.2. The topological polar surface area (TPSA) is 172 Å². The number of phosphoric acid groups is 1. The Morgan fingerprint density at radius 3 is 1.31 bits per heavy atom. The summed E-state index contributed by atoms with van der Waals surface area (Å²) in [6.07, 6.45) is 48.1. The number of hydrogen-bond acceptors (Lipinski definition) is 9. The zero-order valence-electron chi connectivity index (χ0n) is 39.0. The van der Waals surface area contributed by atoms with Gasteiger partial charge < -0.3 is 25.2 Å². The third-order valence-corrected chi connectivity index (χ3v) is 11.9. The third-order valence-electron chi connectivity index (χ3n) is 11.0. The van der Waals surface area contributed by atoms with Crippen molar-refractivity contribution in [1.29, 1.82) is 0 Å². The molecule has 3 atom stereocenters. The lowest BCUT2D eigenvalue weighted by Gasteiger charge is -2.20. The average molecular weight is 886 g/mol. The fourth-order valence-corrected chi connectivity index (χ4v) is 7.82. The molecule has 0 spiro atoms. The van der Waals surface area contributed by atoms with Crippen LogP contribution in [-0.4, -0.2) is 59.9 Å². The summed E-state index contributed by atoms with van der Waals surface area (Å²) in [6.45, 7) is 2.81. The molecule has 0 heterocycles. The molecule has 0 aromatic carbocycles. The first-order chi connectivity index (χ1) is 29.6. The van der Waals surface area contributed by atoms with E-state index < -0.39 is 51.1 Å². The molecule has 61 heavy (non-hydrogen) atoms. The van der Waals surface area contributed by atoms with Gasteiger partial charge in [-0.15, -0.1) is 0 Å². The maximum Gasteiger partial charge on any atom is 0.472 e. The van der Waals surface area contributed by atoms with E-state index in [0.717, 1.165) is 57.8 Å². The molecule has 12 heteroatoms. The molecular weight excluding hydrogens is 794 g/mol.